The Kier molecular flexibility index (Phi) is 2.69. The fraction of sp³-hybridized carbons (Fsp3) is 0.308. The van der Waals surface area contributed by atoms with Gasteiger partial charge in [0.15, 0.2) is 0 Å². The first-order chi connectivity index (χ1) is 7.59. The molecule has 2 rings (SSSR count). The number of aromatic nitrogens is 1. The van der Waals surface area contributed by atoms with Crippen molar-refractivity contribution in [2.45, 2.75) is 26.9 Å². The maximum absolute atomic E-state index is 11.9. The number of esters is 1. The molecule has 0 saturated heterocycles. The van der Waals surface area contributed by atoms with Crippen molar-refractivity contribution < 1.29 is 9.53 Å². The highest BCUT2D eigenvalue weighted by Gasteiger charge is 2.17. The van der Waals surface area contributed by atoms with Crippen LogP contribution in [0.5, 0.6) is 0 Å². The van der Waals surface area contributed by atoms with Gasteiger partial charge in [0, 0.05) is 12.4 Å². The minimum atomic E-state index is -0.249. The summed E-state index contributed by atoms with van der Waals surface area (Å²) < 4.78 is 7.17. The van der Waals surface area contributed by atoms with Crippen LogP contribution in [0.3, 0.4) is 0 Å². The molecule has 16 heavy (non-hydrogen) atoms. The summed E-state index contributed by atoms with van der Waals surface area (Å²) in [6.07, 6.45) is 3.77. The Balaban J connectivity index is 2.51. The molecule has 0 fully saturated rings. The average molecular weight is 217 g/mol. The van der Waals surface area contributed by atoms with Gasteiger partial charge in [-0.05, 0) is 38.5 Å². The van der Waals surface area contributed by atoms with Gasteiger partial charge >= 0.3 is 5.97 Å². The highest BCUT2D eigenvalue weighted by molar-refractivity contribution is 5.99. The summed E-state index contributed by atoms with van der Waals surface area (Å²) in [4.78, 5) is 11.9. The van der Waals surface area contributed by atoms with Crippen LogP contribution in [-0.4, -0.2) is 16.5 Å². The van der Waals surface area contributed by atoms with Crippen molar-refractivity contribution in [2.75, 3.05) is 0 Å². The van der Waals surface area contributed by atoms with Crippen LogP contribution in [0.15, 0.2) is 30.6 Å². The summed E-state index contributed by atoms with van der Waals surface area (Å²) in [7, 11) is 0. The summed E-state index contributed by atoms with van der Waals surface area (Å²) in [6.45, 7) is 5.63. The molecule has 0 N–H and O–H groups in total. The molecular weight excluding hydrogens is 202 g/mol. The molecule has 0 aromatic carbocycles. The van der Waals surface area contributed by atoms with E-state index in [0.29, 0.717) is 5.56 Å². The molecule has 0 aliphatic heterocycles. The zero-order valence-corrected chi connectivity index (χ0v) is 9.73. The van der Waals surface area contributed by atoms with Crippen LogP contribution in [0, 0.1) is 6.92 Å². The van der Waals surface area contributed by atoms with E-state index >= 15 is 0 Å². The number of fused-ring (bicyclic) bond motifs is 1. The Hall–Kier alpha value is -1.77. The Morgan fingerprint density at radius 3 is 2.81 bits per heavy atom. The van der Waals surface area contributed by atoms with E-state index in [-0.39, 0.29) is 12.1 Å². The van der Waals surface area contributed by atoms with Crippen molar-refractivity contribution in [1.82, 2.24) is 4.40 Å². The Morgan fingerprint density at radius 2 is 2.12 bits per heavy atom. The predicted octanol–water partition coefficient (Wildman–Crippen LogP) is 2.81. The molecule has 84 valence electrons. The van der Waals surface area contributed by atoms with Gasteiger partial charge in [0.25, 0.3) is 0 Å². The van der Waals surface area contributed by atoms with Crippen molar-refractivity contribution in [3.8, 4) is 0 Å². The Morgan fingerprint density at radius 1 is 1.38 bits per heavy atom. The van der Waals surface area contributed by atoms with Crippen LogP contribution < -0.4 is 0 Å². The van der Waals surface area contributed by atoms with Crippen LogP contribution in [0.4, 0.5) is 0 Å². The van der Waals surface area contributed by atoms with Gasteiger partial charge in [-0.1, -0.05) is 6.07 Å². The molecule has 0 spiro atoms. The van der Waals surface area contributed by atoms with Gasteiger partial charge in [0.1, 0.15) is 0 Å². The van der Waals surface area contributed by atoms with Crippen molar-refractivity contribution in [3.05, 3.63) is 41.7 Å². The fourth-order valence-electron chi connectivity index (χ4n) is 1.79. The van der Waals surface area contributed by atoms with Gasteiger partial charge in [-0.25, -0.2) is 4.79 Å². The number of pyridine rings is 1. The first-order valence-corrected chi connectivity index (χ1v) is 5.37. The molecule has 2 heterocycles. The molecule has 0 atom stereocenters. The van der Waals surface area contributed by atoms with Crippen LogP contribution in [0.2, 0.25) is 0 Å². The average Bonchev–Trinajstić information content (AvgIpc) is 2.52. The molecule has 0 unspecified atom stereocenters. The smallest absolute Gasteiger partial charge is 0.340 e. The first-order valence-electron chi connectivity index (χ1n) is 5.37. The van der Waals surface area contributed by atoms with Gasteiger partial charge < -0.3 is 9.14 Å². The van der Waals surface area contributed by atoms with Gasteiger partial charge in [0.2, 0.25) is 0 Å². The van der Waals surface area contributed by atoms with E-state index in [1.165, 1.54) is 0 Å². The molecule has 2 aromatic rings. The predicted molar refractivity (Wildman–Crippen MR) is 62.7 cm³/mol. The monoisotopic (exact) mass is 217 g/mol. The molecule has 0 saturated carbocycles. The van der Waals surface area contributed by atoms with Gasteiger partial charge in [0.05, 0.1) is 17.2 Å². The molecule has 0 aliphatic rings. The first kappa shape index (κ1) is 10.7. The van der Waals surface area contributed by atoms with E-state index in [0.717, 1.165) is 11.1 Å². The summed E-state index contributed by atoms with van der Waals surface area (Å²) >= 11 is 0. The zero-order chi connectivity index (χ0) is 11.7. The lowest BCUT2D eigenvalue weighted by Gasteiger charge is -2.07. The second-order valence-corrected chi connectivity index (χ2v) is 4.13. The van der Waals surface area contributed by atoms with Crippen LogP contribution in [-0.2, 0) is 4.74 Å². The number of aryl methyl sites for hydroxylation is 1. The number of hydrogen-bond acceptors (Lipinski definition) is 2. The second kappa shape index (κ2) is 4.00. The molecule has 2 aromatic heterocycles. The minimum absolute atomic E-state index is 0.0921. The zero-order valence-electron chi connectivity index (χ0n) is 9.73. The summed E-state index contributed by atoms with van der Waals surface area (Å²) in [5.74, 6) is -0.249. The number of hydrogen-bond donors (Lipinski definition) is 0. The Labute approximate surface area is 94.6 Å². The highest BCUT2D eigenvalue weighted by Crippen LogP contribution is 2.19. The van der Waals surface area contributed by atoms with Crippen molar-refractivity contribution in [1.29, 1.82) is 0 Å². The van der Waals surface area contributed by atoms with Crippen molar-refractivity contribution >= 4 is 11.5 Å². The standard InChI is InChI=1S/C13H15NO2/c1-9(2)16-13(15)12-10(3)8-14-7-5-4-6-11(12)14/h4-9H,1-3H3. The maximum atomic E-state index is 11.9. The molecule has 3 heteroatoms. The van der Waals surface area contributed by atoms with Crippen LogP contribution >= 0.6 is 0 Å². The molecule has 0 bridgehead atoms. The van der Waals surface area contributed by atoms with E-state index in [2.05, 4.69) is 0 Å². The SMILES string of the molecule is Cc1cn2ccccc2c1C(=O)OC(C)C. The number of carbonyl (C=O) groups is 1. The Bertz CT molecular complexity index is 526. The van der Waals surface area contributed by atoms with E-state index in [1.54, 1.807) is 0 Å². The normalized spacial score (nSPS) is 11.0. The number of nitrogens with zero attached hydrogens (tertiary/aromatic N) is 1. The van der Waals surface area contributed by atoms with Crippen LogP contribution in [0.25, 0.3) is 5.52 Å². The van der Waals surface area contributed by atoms with E-state index < -0.39 is 0 Å². The summed E-state index contributed by atoms with van der Waals surface area (Å²) in [5.41, 5.74) is 2.50. The van der Waals surface area contributed by atoms with Gasteiger partial charge in [-0.2, -0.15) is 0 Å². The molecule has 0 aliphatic carbocycles. The number of ether oxygens (including phenoxy) is 1. The maximum Gasteiger partial charge on any atom is 0.340 e. The van der Waals surface area contributed by atoms with Crippen LogP contribution in [0.1, 0.15) is 29.8 Å². The topological polar surface area (TPSA) is 30.7 Å². The number of rotatable bonds is 2. The lowest BCUT2D eigenvalue weighted by atomic mass is 10.2. The summed E-state index contributed by atoms with van der Waals surface area (Å²) in [5, 5.41) is 0. The van der Waals surface area contributed by atoms with Gasteiger partial charge in [-0.3, -0.25) is 0 Å². The lowest BCUT2D eigenvalue weighted by Crippen LogP contribution is -2.12. The van der Waals surface area contributed by atoms with E-state index in [4.69, 9.17) is 4.74 Å². The fourth-order valence-corrected chi connectivity index (χ4v) is 1.79. The third kappa shape index (κ3) is 1.81. The third-order valence-electron chi connectivity index (χ3n) is 2.42. The largest absolute Gasteiger partial charge is 0.459 e. The second-order valence-electron chi connectivity index (χ2n) is 4.13. The molecule has 3 nitrogen and oxygen atoms in total. The summed E-state index contributed by atoms with van der Waals surface area (Å²) in [6, 6.07) is 5.77. The van der Waals surface area contributed by atoms with Crippen molar-refractivity contribution in [3.63, 3.8) is 0 Å². The minimum Gasteiger partial charge on any atom is -0.459 e. The molecule has 0 amide bonds. The highest BCUT2D eigenvalue weighted by atomic mass is 16.5. The van der Waals surface area contributed by atoms with E-state index in [1.807, 2.05) is 55.8 Å². The van der Waals surface area contributed by atoms with E-state index in [9.17, 15) is 4.79 Å². The quantitative estimate of drug-likeness (QED) is 0.724. The molecule has 0 radical (unpaired) electrons. The number of carbonyl (C=O) groups excluding carboxylic acids is 1. The van der Waals surface area contributed by atoms with Crippen molar-refractivity contribution in [2.24, 2.45) is 0 Å². The lowest BCUT2D eigenvalue weighted by molar-refractivity contribution is 0.0379. The third-order valence-corrected chi connectivity index (χ3v) is 2.42. The molecular formula is C13H15NO2. The van der Waals surface area contributed by atoms with Gasteiger partial charge in [-0.15, -0.1) is 0 Å².